The molecular weight excluding hydrogens is 268 g/mol. The molecule has 2 heterocycles. The number of fused-ring (bicyclic) bond motifs is 1. The fourth-order valence-corrected chi connectivity index (χ4v) is 2.66. The van der Waals surface area contributed by atoms with Gasteiger partial charge in [0.1, 0.15) is 0 Å². The van der Waals surface area contributed by atoms with E-state index in [0.717, 1.165) is 43.8 Å². The number of nitrogens with one attached hydrogen (secondary N) is 1. The van der Waals surface area contributed by atoms with Crippen LogP contribution in [0.4, 0.5) is 10.5 Å². The molecule has 2 amide bonds. The van der Waals surface area contributed by atoms with Crippen LogP contribution in [0.15, 0.2) is 18.2 Å². The van der Waals surface area contributed by atoms with Crippen LogP contribution < -0.4 is 14.8 Å². The Morgan fingerprint density at radius 1 is 1.19 bits per heavy atom. The highest BCUT2D eigenvalue weighted by Crippen LogP contribution is 2.32. The number of ether oxygens (including phenoxy) is 2. The number of rotatable bonds is 1. The van der Waals surface area contributed by atoms with E-state index in [-0.39, 0.29) is 6.03 Å². The monoisotopic (exact) mass is 290 g/mol. The Bertz CT molecular complexity index is 510. The lowest BCUT2D eigenvalue weighted by Crippen LogP contribution is -2.40. The average molecular weight is 290 g/mol. The van der Waals surface area contributed by atoms with Crippen molar-refractivity contribution in [1.82, 2.24) is 4.90 Å². The second-order valence-electron chi connectivity index (χ2n) is 5.81. The fraction of sp³-hybridized carbons (Fsp3) is 0.562. The summed E-state index contributed by atoms with van der Waals surface area (Å²) in [5.41, 5.74) is 0.753. The number of anilines is 1. The lowest BCUT2D eigenvalue weighted by atomic mass is 10.00. The van der Waals surface area contributed by atoms with E-state index < -0.39 is 0 Å². The van der Waals surface area contributed by atoms with E-state index in [1.807, 2.05) is 23.1 Å². The molecular formula is C16H22N2O3. The predicted molar refractivity (Wildman–Crippen MR) is 81.0 cm³/mol. The average Bonchev–Trinajstić information content (AvgIpc) is 2.72. The molecule has 2 aliphatic rings. The van der Waals surface area contributed by atoms with E-state index in [4.69, 9.17) is 9.47 Å². The van der Waals surface area contributed by atoms with E-state index in [1.165, 1.54) is 0 Å². The van der Waals surface area contributed by atoms with Crippen molar-refractivity contribution >= 4 is 11.7 Å². The van der Waals surface area contributed by atoms with Crippen LogP contribution in [0, 0.1) is 5.92 Å². The third-order valence-corrected chi connectivity index (χ3v) is 4.07. The molecule has 21 heavy (non-hydrogen) atoms. The summed E-state index contributed by atoms with van der Waals surface area (Å²) in [6, 6.07) is 5.52. The summed E-state index contributed by atoms with van der Waals surface area (Å²) >= 11 is 0. The van der Waals surface area contributed by atoms with Crippen LogP contribution in [0.3, 0.4) is 0 Å². The first kappa shape index (κ1) is 14.0. The van der Waals surface area contributed by atoms with Crippen molar-refractivity contribution in [3.63, 3.8) is 0 Å². The van der Waals surface area contributed by atoms with Gasteiger partial charge in [-0.2, -0.15) is 0 Å². The molecule has 0 aliphatic carbocycles. The van der Waals surface area contributed by atoms with Crippen LogP contribution in [0.5, 0.6) is 11.5 Å². The number of nitrogens with zero attached hydrogens (tertiary/aromatic N) is 1. The van der Waals surface area contributed by atoms with E-state index in [0.29, 0.717) is 24.9 Å². The minimum atomic E-state index is -0.0311. The molecule has 3 rings (SSSR count). The number of likely N-dealkylation sites (tertiary alicyclic amines) is 1. The molecule has 0 unspecified atom stereocenters. The van der Waals surface area contributed by atoms with Gasteiger partial charge in [0.25, 0.3) is 0 Å². The highest BCUT2D eigenvalue weighted by Gasteiger charge is 2.20. The quantitative estimate of drug-likeness (QED) is 0.864. The van der Waals surface area contributed by atoms with Gasteiger partial charge in [-0.1, -0.05) is 6.92 Å². The zero-order valence-corrected chi connectivity index (χ0v) is 12.4. The van der Waals surface area contributed by atoms with Gasteiger partial charge in [0, 0.05) is 31.3 Å². The van der Waals surface area contributed by atoms with Gasteiger partial charge in [0.2, 0.25) is 0 Å². The van der Waals surface area contributed by atoms with Crippen molar-refractivity contribution in [2.75, 3.05) is 31.6 Å². The molecule has 0 radical (unpaired) electrons. The van der Waals surface area contributed by atoms with E-state index in [9.17, 15) is 4.79 Å². The van der Waals surface area contributed by atoms with Crippen molar-refractivity contribution in [3.05, 3.63) is 18.2 Å². The highest BCUT2D eigenvalue weighted by molar-refractivity contribution is 5.89. The number of hydrogen-bond acceptors (Lipinski definition) is 3. The lowest BCUT2D eigenvalue weighted by Gasteiger charge is -2.30. The summed E-state index contributed by atoms with van der Waals surface area (Å²) in [6.45, 7) is 5.22. The van der Waals surface area contributed by atoms with Crippen LogP contribution >= 0.6 is 0 Å². The molecule has 114 valence electrons. The molecule has 1 N–H and O–H groups in total. The summed E-state index contributed by atoms with van der Waals surface area (Å²) in [6.07, 6.45) is 3.03. The van der Waals surface area contributed by atoms with Crippen LogP contribution in [0.1, 0.15) is 26.2 Å². The fourth-order valence-electron chi connectivity index (χ4n) is 2.66. The van der Waals surface area contributed by atoms with Gasteiger partial charge in [-0.3, -0.25) is 0 Å². The number of amides is 2. The Labute approximate surface area is 125 Å². The maximum absolute atomic E-state index is 12.3. The Morgan fingerprint density at radius 2 is 1.90 bits per heavy atom. The van der Waals surface area contributed by atoms with E-state index in [1.54, 1.807) is 0 Å². The number of carbonyl (C=O) groups excluding carboxylic acids is 1. The molecule has 1 aromatic rings. The van der Waals surface area contributed by atoms with Crippen molar-refractivity contribution in [2.45, 2.75) is 26.2 Å². The Kier molecular flexibility index (Phi) is 4.18. The summed E-state index contributed by atoms with van der Waals surface area (Å²) in [5.74, 6) is 2.17. The summed E-state index contributed by atoms with van der Waals surface area (Å²) in [7, 11) is 0. The Morgan fingerprint density at radius 3 is 2.67 bits per heavy atom. The minimum Gasteiger partial charge on any atom is -0.490 e. The smallest absolute Gasteiger partial charge is 0.321 e. The first-order valence-corrected chi connectivity index (χ1v) is 7.68. The zero-order chi connectivity index (χ0) is 14.7. The van der Waals surface area contributed by atoms with Crippen LogP contribution in [-0.2, 0) is 0 Å². The van der Waals surface area contributed by atoms with E-state index >= 15 is 0 Å². The van der Waals surface area contributed by atoms with Crippen LogP contribution in [-0.4, -0.2) is 37.2 Å². The second-order valence-corrected chi connectivity index (χ2v) is 5.81. The van der Waals surface area contributed by atoms with Crippen molar-refractivity contribution < 1.29 is 14.3 Å². The normalized spacial score (nSPS) is 19.0. The van der Waals surface area contributed by atoms with Crippen molar-refractivity contribution in [3.8, 4) is 11.5 Å². The molecule has 5 nitrogen and oxygen atoms in total. The van der Waals surface area contributed by atoms with Gasteiger partial charge in [-0.25, -0.2) is 4.79 Å². The number of piperidine rings is 1. The van der Waals surface area contributed by atoms with Gasteiger partial charge in [0.15, 0.2) is 11.5 Å². The largest absolute Gasteiger partial charge is 0.490 e. The summed E-state index contributed by atoms with van der Waals surface area (Å²) < 4.78 is 11.2. The molecule has 0 bridgehead atoms. The number of benzene rings is 1. The Balaban J connectivity index is 1.64. The van der Waals surface area contributed by atoms with Crippen molar-refractivity contribution in [2.24, 2.45) is 5.92 Å². The maximum atomic E-state index is 12.3. The number of urea groups is 1. The lowest BCUT2D eigenvalue weighted by molar-refractivity contribution is 0.186. The van der Waals surface area contributed by atoms with Gasteiger partial charge < -0.3 is 19.7 Å². The molecule has 0 spiro atoms. The molecule has 5 heteroatoms. The van der Waals surface area contributed by atoms with Gasteiger partial charge in [-0.15, -0.1) is 0 Å². The topological polar surface area (TPSA) is 50.8 Å². The third kappa shape index (κ3) is 3.40. The first-order valence-electron chi connectivity index (χ1n) is 7.68. The molecule has 0 aromatic heterocycles. The SMILES string of the molecule is CC1CCN(C(=O)Nc2ccc3c(c2)OCCCO3)CC1. The molecule has 1 fully saturated rings. The zero-order valence-electron chi connectivity index (χ0n) is 12.4. The van der Waals surface area contributed by atoms with Gasteiger partial charge in [-0.05, 0) is 30.9 Å². The third-order valence-electron chi connectivity index (χ3n) is 4.07. The maximum Gasteiger partial charge on any atom is 0.321 e. The minimum absolute atomic E-state index is 0.0311. The molecule has 1 aromatic carbocycles. The number of carbonyl (C=O) groups is 1. The highest BCUT2D eigenvalue weighted by atomic mass is 16.5. The summed E-state index contributed by atoms with van der Waals surface area (Å²) in [5, 5.41) is 2.95. The Hall–Kier alpha value is -1.91. The van der Waals surface area contributed by atoms with Crippen molar-refractivity contribution in [1.29, 1.82) is 0 Å². The van der Waals surface area contributed by atoms with E-state index in [2.05, 4.69) is 12.2 Å². The standard InChI is InChI=1S/C16H22N2O3/c1-12-5-7-18(8-6-12)16(19)17-13-3-4-14-15(11-13)21-10-2-9-20-14/h3-4,11-12H,2,5-10H2,1H3,(H,17,19). The van der Waals surface area contributed by atoms with Crippen LogP contribution in [0.2, 0.25) is 0 Å². The molecule has 0 saturated carbocycles. The predicted octanol–water partition coefficient (Wildman–Crippen LogP) is 3.11. The summed E-state index contributed by atoms with van der Waals surface area (Å²) in [4.78, 5) is 14.1. The first-order chi connectivity index (χ1) is 10.2. The molecule has 0 atom stereocenters. The second kappa shape index (κ2) is 6.24. The molecule has 1 saturated heterocycles. The van der Waals surface area contributed by atoms with Crippen LogP contribution in [0.25, 0.3) is 0 Å². The molecule has 2 aliphatic heterocycles. The van der Waals surface area contributed by atoms with Gasteiger partial charge >= 0.3 is 6.03 Å². The number of hydrogen-bond donors (Lipinski definition) is 1. The van der Waals surface area contributed by atoms with Gasteiger partial charge in [0.05, 0.1) is 13.2 Å².